The maximum Gasteiger partial charge on any atom is 0.253 e. The Labute approximate surface area is 254 Å². The summed E-state index contributed by atoms with van der Waals surface area (Å²) in [5, 5.41) is 0.777. The summed E-state index contributed by atoms with van der Waals surface area (Å²) in [4.78, 5) is 29.5. The molecule has 0 radical (unpaired) electrons. The maximum absolute atomic E-state index is 13.1. The van der Waals surface area contributed by atoms with Crippen molar-refractivity contribution in [3.63, 3.8) is 0 Å². The molecule has 0 aliphatic carbocycles. The lowest BCUT2D eigenvalue weighted by atomic mass is 10.1. The fourth-order valence-electron chi connectivity index (χ4n) is 5.10. The van der Waals surface area contributed by atoms with Crippen molar-refractivity contribution in [1.29, 1.82) is 0 Å². The Kier molecular flexibility index (Phi) is 10.1. The van der Waals surface area contributed by atoms with E-state index in [1.165, 1.54) is 5.56 Å². The molecule has 1 fully saturated rings. The van der Waals surface area contributed by atoms with Crippen molar-refractivity contribution < 1.29 is 4.79 Å². The van der Waals surface area contributed by atoms with Gasteiger partial charge < -0.3 is 9.80 Å². The first-order valence-corrected chi connectivity index (χ1v) is 15.5. The zero-order valence-electron chi connectivity index (χ0n) is 24.7. The number of hydrogen-bond donors (Lipinski definition) is 0. The molecule has 42 heavy (non-hydrogen) atoms. The summed E-state index contributed by atoms with van der Waals surface area (Å²) in [5.74, 6) is 1.76. The zero-order chi connectivity index (χ0) is 29.3. The topological polar surface area (TPSA) is 52.6 Å². The van der Waals surface area contributed by atoms with Crippen molar-refractivity contribution in [3.05, 3.63) is 125 Å². The number of carbonyl (C=O) groups is 1. The summed E-state index contributed by atoms with van der Waals surface area (Å²) in [6.45, 7) is 9.62. The molecule has 1 aliphatic heterocycles. The van der Waals surface area contributed by atoms with Crippen molar-refractivity contribution in [3.8, 4) is 0 Å². The van der Waals surface area contributed by atoms with Crippen LogP contribution >= 0.6 is 11.8 Å². The van der Waals surface area contributed by atoms with E-state index in [1.807, 2.05) is 61.6 Å². The molecule has 7 heteroatoms. The number of aryl methyl sites for hydroxylation is 1. The second kappa shape index (κ2) is 14.3. The first-order chi connectivity index (χ1) is 20.5. The Morgan fingerprint density at radius 2 is 1.57 bits per heavy atom. The Morgan fingerprint density at radius 3 is 2.31 bits per heavy atom. The first kappa shape index (κ1) is 29.5. The van der Waals surface area contributed by atoms with Crippen LogP contribution in [0.3, 0.4) is 0 Å². The summed E-state index contributed by atoms with van der Waals surface area (Å²) in [6.07, 6.45) is 4.45. The van der Waals surface area contributed by atoms with Gasteiger partial charge in [-0.25, -0.2) is 9.97 Å². The molecule has 0 atom stereocenters. The summed E-state index contributed by atoms with van der Waals surface area (Å²) in [6, 6.07) is 28.4. The highest BCUT2D eigenvalue weighted by atomic mass is 32.2. The standard InChI is InChI=1S/C35H39N5OS/c1-27-28(2)36-35(37-33(27)40-22-20-39(21-23-40)19-11-17-29-12-6-4-7-13-29)42-26-31-16-10-18-32(24-31)34(41)38(3)25-30-14-8-5-9-15-30/h4-18,24H,19-23,25-26H2,1-3H3/b17-11+. The molecule has 1 aromatic heterocycles. The third-order valence-electron chi connectivity index (χ3n) is 7.64. The predicted octanol–water partition coefficient (Wildman–Crippen LogP) is 6.49. The normalized spacial score (nSPS) is 13.9. The Bertz CT molecular complexity index is 1500. The van der Waals surface area contributed by atoms with Crippen LogP contribution in [0.1, 0.15) is 38.3 Å². The van der Waals surface area contributed by atoms with Gasteiger partial charge >= 0.3 is 0 Å². The number of thioether (sulfide) groups is 1. The van der Waals surface area contributed by atoms with E-state index >= 15 is 0 Å². The van der Waals surface area contributed by atoms with Gasteiger partial charge in [0.05, 0.1) is 0 Å². The van der Waals surface area contributed by atoms with Crippen molar-refractivity contribution in [2.45, 2.75) is 31.3 Å². The summed E-state index contributed by atoms with van der Waals surface area (Å²) >= 11 is 1.62. The Hall–Kier alpha value is -3.94. The van der Waals surface area contributed by atoms with Gasteiger partial charge in [-0.3, -0.25) is 9.69 Å². The van der Waals surface area contributed by atoms with Gasteiger partial charge in [0.1, 0.15) is 5.82 Å². The van der Waals surface area contributed by atoms with Crippen LogP contribution in [0.4, 0.5) is 5.82 Å². The summed E-state index contributed by atoms with van der Waals surface area (Å²) in [7, 11) is 1.85. The van der Waals surface area contributed by atoms with Gasteiger partial charge in [0, 0.05) is 68.9 Å². The van der Waals surface area contributed by atoms with Gasteiger partial charge in [-0.05, 0) is 42.7 Å². The number of hydrogen-bond acceptors (Lipinski definition) is 6. The summed E-state index contributed by atoms with van der Waals surface area (Å²) in [5.41, 5.74) is 6.29. The number of piperazine rings is 1. The van der Waals surface area contributed by atoms with Crippen LogP contribution in [0.2, 0.25) is 0 Å². The molecule has 5 rings (SSSR count). The van der Waals surface area contributed by atoms with Crippen LogP contribution in [0.15, 0.2) is 96.2 Å². The third kappa shape index (κ3) is 7.87. The monoisotopic (exact) mass is 577 g/mol. The molecule has 0 N–H and O–H groups in total. The molecule has 0 bridgehead atoms. The molecule has 6 nitrogen and oxygen atoms in total. The molecule has 4 aromatic rings. The van der Waals surface area contributed by atoms with E-state index in [4.69, 9.17) is 9.97 Å². The molecule has 0 saturated carbocycles. The molecular weight excluding hydrogens is 538 g/mol. The molecule has 1 aliphatic rings. The summed E-state index contributed by atoms with van der Waals surface area (Å²) < 4.78 is 0. The van der Waals surface area contributed by atoms with E-state index in [9.17, 15) is 4.79 Å². The van der Waals surface area contributed by atoms with E-state index < -0.39 is 0 Å². The number of nitrogens with zero attached hydrogens (tertiary/aromatic N) is 5. The van der Waals surface area contributed by atoms with E-state index in [0.717, 1.165) is 66.1 Å². The fraction of sp³-hybridized carbons (Fsp3) is 0.286. The fourth-order valence-corrected chi connectivity index (χ4v) is 5.92. The van der Waals surface area contributed by atoms with E-state index in [2.05, 4.69) is 66.1 Å². The van der Waals surface area contributed by atoms with E-state index in [-0.39, 0.29) is 5.91 Å². The predicted molar refractivity (Wildman–Crippen MR) is 174 cm³/mol. The van der Waals surface area contributed by atoms with Crippen molar-refractivity contribution in [2.75, 3.05) is 44.7 Å². The number of anilines is 1. The van der Waals surface area contributed by atoms with Crippen molar-refractivity contribution >= 4 is 29.6 Å². The van der Waals surface area contributed by atoms with Gasteiger partial charge in [0.2, 0.25) is 0 Å². The Morgan fingerprint density at radius 1 is 0.881 bits per heavy atom. The van der Waals surface area contributed by atoms with Gasteiger partial charge in [-0.1, -0.05) is 96.7 Å². The molecule has 0 spiro atoms. The highest BCUT2D eigenvalue weighted by molar-refractivity contribution is 7.98. The third-order valence-corrected chi connectivity index (χ3v) is 8.56. The average molecular weight is 578 g/mol. The van der Waals surface area contributed by atoms with Crippen LogP contribution in [-0.4, -0.2) is 65.4 Å². The van der Waals surface area contributed by atoms with Gasteiger partial charge in [0.25, 0.3) is 5.91 Å². The zero-order valence-corrected chi connectivity index (χ0v) is 25.6. The average Bonchev–Trinajstić information content (AvgIpc) is 3.03. The lowest BCUT2D eigenvalue weighted by Gasteiger charge is -2.35. The van der Waals surface area contributed by atoms with Crippen LogP contribution in [-0.2, 0) is 12.3 Å². The van der Waals surface area contributed by atoms with E-state index in [0.29, 0.717) is 17.9 Å². The number of amides is 1. The lowest BCUT2D eigenvalue weighted by Crippen LogP contribution is -2.47. The smallest absolute Gasteiger partial charge is 0.253 e. The second-order valence-corrected chi connectivity index (χ2v) is 11.7. The van der Waals surface area contributed by atoms with Crippen LogP contribution in [0.25, 0.3) is 6.08 Å². The molecule has 3 aromatic carbocycles. The minimum atomic E-state index is 0.0186. The molecule has 1 saturated heterocycles. The largest absolute Gasteiger partial charge is 0.354 e. The number of carbonyl (C=O) groups excluding carboxylic acids is 1. The quantitative estimate of drug-likeness (QED) is 0.159. The number of aromatic nitrogens is 2. The maximum atomic E-state index is 13.1. The SMILES string of the molecule is Cc1nc(SCc2cccc(C(=O)N(C)Cc3ccccc3)c2)nc(N2CCN(C/C=C/c3ccccc3)CC2)c1C. The van der Waals surface area contributed by atoms with Crippen molar-refractivity contribution in [1.82, 2.24) is 19.8 Å². The lowest BCUT2D eigenvalue weighted by molar-refractivity contribution is 0.0785. The highest BCUT2D eigenvalue weighted by Gasteiger charge is 2.21. The van der Waals surface area contributed by atoms with Crippen LogP contribution in [0, 0.1) is 13.8 Å². The molecule has 0 unspecified atom stereocenters. The van der Waals surface area contributed by atoms with Crippen LogP contribution < -0.4 is 4.90 Å². The highest BCUT2D eigenvalue weighted by Crippen LogP contribution is 2.27. The molecular formula is C35H39N5OS. The number of benzene rings is 3. The molecule has 1 amide bonds. The minimum Gasteiger partial charge on any atom is -0.354 e. The van der Waals surface area contributed by atoms with Gasteiger partial charge in [-0.15, -0.1) is 0 Å². The first-order valence-electron chi connectivity index (χ1n) is 14.5. The second-order valence-electron chi connectivity index (χ2n) is 10.8. The van der Waals surface area contributed by atoms with Gasteiger partial charge in [-0.2, -0.15) is 0 Å². The van der Waals surface area contributed by atoms with E-state index in [1.54, 1.807) is 16.7 Å². The minimum absolute atomic E-state index is 0.0186. The number of rotatable bonds is 10. The van der Waals surface area contributed by atoms with Crippen LogP contribution in [0.5, 0.6) is 0 Å². The van der Waals surface area contributed by atoms with Gasteiger partial charge in [0.15, 0.2) is 5.16 Å². The van der Waals surface area contributed by atoms with Crippen molar-refractivity contribution in [2.24, 2.45) is 0 Å². The Balaban J connectivity index is 1.17. The molecule has 216 valence electrons. The molecule has 2 heterocycles.